The van der Waals surface area contributed by atoms with Gasteiger partial charge in [-0.2, -0.15) is 0 Å². The summed E-state index contributed by atoms with van der Waals surface area (Å²) in [4.78, 5) is 12.7. The molecule has 0 atom stereocenters. The van der Waals surface area contributed by atoms with Crippen molar-refractivity contribution in [2.45, 2.75) is 13.5 Å². The number of benzene rings is 2. The maximum atomic E-state index is 12.7. The van der Waals surface area contributed by atoms with E-state index < -0.39 is 0 Å². The number of carbonyl (C=O) groups is 1. The first kappa shape index (κ1) is 19.9. The molecule has 1 N–H and O–H groups in total. The number of methoxy groups -OCH3 is 3. The van der Waals surface area contributed by atoms with Crippen molar-refractivity contribution in [3.8, 4) is 17.2 Å². The van der Waals surface area contributed by atoms with E-state index in [1.807, 2.05) is 6.92 Å². The number of amides is 1. The van der Waals surface area contributed by atoms with Crippen LogP contribution in [0.25, 0.3) is 0 Å². The van der Waals surface area contributed by atoms with Crippen molar-refractivity contribution in [2.24, 2.45) is 0 Å². The van der Waals surface area contributed by atoms with E-state index in [-0.39, 0.29) is 5.91 Å². The highest BCUT2D eigenvalue weighted by atomic mass is 35.5. The summed E-state index contributed by atoms with van der Waals surface area (Å²) in [5.41, 5.74) is 1.71. The Morgan fingerprint density at radius 3 is 2.31 bits per heavy atom. The number of carbonyl (C=O) groups excluding carboxylic acids is 1. The fourth-order valence-electron chi connectivity index (χ4n) is 2.40. The summed E-state index contributed by atoms with van der Waals surface area (Å²) in [6, 6.07) is 8.36. The molecular weight excluding hydrogens is 358 g/mol. The topological polar surface area (TPSA) is 66.0 Å². The Balaban J connectivity index is 2.28. The Bertz CT molecular complexity index is 779. The Morgan fingerprint density at radius 2 is 1.69 bits per heavy atom. The smallest absolute Gasteiger partial charge is 0.255 e. The van der Waals surface area contributed by atoms with Gasteiger partial charge in [-0.05, 0) is 31.2 Å². The summed E-state index contributed by atoms with van der Waals surface area (Å²) in [5, 5.41) is 3.18. The third-order valence-electron chi connectivity index (χ3n) is 3.73. The van der Waals surface area contributed by atoms with Crippen LogP contribution in [0.2, 0.25) is 5.02 Å². The van der Waals surface area contributed by atoms with E-state index in [2.05, 4.69) is 5.32 Å². The molecule has 0 saturated carbocycles. The van der Waals surface area contributed by atoms with Gasteiger partial charge in [-0.3, -0.25) is 4.79 Å². The Kier molecular flexibility index (Phi) is 7.12. The molecule has 0 aliphatic carbocycles. The van der Waals surface area contributed by atoms with E-state index in [1.54, 1.807) is 37.4 Å². The number of halogens is 1. The summed E-state index contributed by atoms with van der Waals surface area (Å²) in [5.74, 6) is 1.28. The number of rotatable bonds is 8. The molecule has 0 aliphatic rings. The zero-order valence-electron chi connectivity index (χ0n) is 15.2. The molecule has 0 fully saturated rings. The second-order valence-corrected chi connectivity index (χ2v) is 5.71. The summed E-state index contributed by atoms with van der Waals surface area (Å²) in [6.07, 6.45) is 0. The summed E-state index contributed by atoms with van der Waals surface area (Å²) < 4.78 is 21.2. The molecule has 2 rings (SSSR count). The van der Waals surface area contributed by atoms with E-state index in [0.717, 1.165) is 5.56 Å². The lowest BCUT2D eigenvalue weighted by atomic mass is 10.1. The molecular formula is C19H22ClNO5. The fraction of sp³-hybridized carbons (Fsp3) is 0.316. The van der Waals surface area contributed by atoms with Gasteiger partial charge in [0.05, 0.1) is 38.6 Å². The van der Waals surface area contributed by atoms with Crippen LogP contribution in [0.4, 0.5) is 5.69 Å². The van der Waals surface area contributed by atoms with Gasteiger partial charge in [-0.1, -0.05) is 11.6 Å². The molecule has 0 bridgehead atoms. The van der Waals surface area contributed by atoms with Gasteiger partial charge in [0.15, 0.2) is 0 Å². The third-order valence-corrected chi connectivity index (χ3v) is 4.02. The van der Waals surface area contributed by atoms with Crippen molar-refractivity contribution >= 4 is 23.2 Å². The molecule has 1 amide bonds. The normalized spacial score (nSPS) is 10.3. The summed E-state index contributed by atoms with van der Waals surface area (Å²) in [7, 11) is 4.59. The quantitative estimate of drug-likeness (QED) is 0.746. The molecule has 0 aromatic heterocycles. The van der Waals surface area contributed by atoms with E-state index in [1.165, 1.54) is 14.2 Å². The minimum absolute atomic E-state index is 0.301. The van der Waals surface area contributed by atoms with Crippen LogP contribution in [0, 0.1) is 0 Å². The Morgan fingerprint density at radius 1 is 1.00 bits per heavy atom. The summed E-state index contributed by atoms with van der Waals surface area (Å²) >= 11 is 6.15. The van der Waals surface area contributed by atoms with Gasteiger partial charge in [-0.25, -0.2) is 0 Å². The molecule has 0 unspecified atom stereocenters. The second kappa shape index (κ2) is 9.31. The highest BCUT2D eigenvalue weighted by Gasteiger charge is 2.15. The molecule has 0 heterocycles. The molecule has 7 heteroatoms. The van der Waals surface area contributed by atoms with Crippen molar-refractivity contribution in [1.29, 1.82) is 0 Å². The molecule has 0 aliphatic heterocycles. The minimum atomic E-state index is -0.301. The maximum Gasteiger partial charge on any atom is 0.255 e. The van der Waals surface area contributed by atoms with Crippen molar-refractivity contribution in [2.75, 3.05) is 33.3 Å². The molecule has 0 saturated heterocycles. The fourth-order valence-corrected chi connectivity index (χ4v) is 2.64. The average Bonchev–Trinajstić information content (AvgIpc) is 2.66. The van der Waals surface area contributed by atoms with Gasteiger partial charge < -0.3 is 24.3 Å². The Labute approximate surface area is 158 Å². The SMILES string of the molecule is CCOCc1cc(C(=O)Nc2cc(Cl)c(OC)cc2OC)ccc1OC. The molecule has 0 spiro atoms. The van der Waals surface area contributed by atoms with Crippen molar-refractivity contribution in [3.63, 3.8) is 0 Å². The van der Waals surface area contributed by atoms with E-state index in [0.29, 0.717) is 46.7 Å². The van der Waals surface area contributed by atoms with Crippen LogP contribution < -0.4 is 19.5 Å². The lowest BCUT2D eigenvalue weighted by Gasteiger charge is -2.14. The van der Waals surface area contributed by atoms with Gasteiger partial charge in [0, 0.05) is 23.8 Å². The van der Waals surface area contributed by atoms with Crippen LogP contribution in [0.1, 0.15) is 22.8 Å². The van der Waals surface area contributed by atoms with Crippen LogP contribution in [0.15, 0.2) is 30.3 Å². The van der Waals surface area contributed by atoms with Crippen LogP contribution in [-0.4, -0.2) is 33.8 Å². The third kappa shape index (κ3) is 4.59. The number of ether oxygens (including phenoxy) is 4. The van der Waals surface area contributed by atoms with E-state index in [4.69, 9.17) is 30.5 Å². The first-order chi connectivity index (χ1) is 12.5. The largest absolute Gasteiger partial charge is 0.496 e. The first-order valence-corrected chi connectivity index (χ1v) is 8.39. The highest BCUT2D eigenvalue weighted by Crippen LogP contribution is 2.36. The number of anilines is 1. The van der Waals surface area contributed by atoms with E-state index in [9.17, 15) is 4.79 Å². The lowest BCUT2D eigenvalue weighted by molar-refractivity contribution is 0.102. The van der Waals surface area contributed by atoms with Gasteiger partial charge in [-0.15, -0.1) is 0 Å². The lowest BCUT2D eigenvalue weighted by Crippen LogP contribution is -2.13. The standard InChI is InChI=1S/C19H22ClNO5/c1-5-26-11-13-8-12(6-7-16(13)23-2)19(22)21-15-9-14(20)17(24-3)10-18(15)25-4/h6-10H,5,11H2,1-4H3,(H,21,22). The molecule has 2 aromatic carbocycles. The van der Waals surface area contributed by atoms with Crippen molar-refractivity contribution in [3.05, 3.63) is 46.5 Å². The summed E-state index contributed by atoms with van der Waals surface area (Å²) in [6.45, 7) is 2.84. The minimum Gasteiger partial charge on any atom is -0.496 e. The predicted molar refractivity (Wildman–Crippen MR) is 101 cm³/mol. The number of nitrogens with one attached hydrogen (secondary N) is 1. The monoisotopic (exact) mass is 379 g/mol. The van der Waals surface area contributed by atoms with Crippen molar-refractivity contribution < 1.29 is 23.7 Å². The van der Waals surface area contributed by atoms with Gasteiger partial charge in [0.1, 0.15) is 17.2 Å². The number of hydrogen-bond acceptors (Lipinski definition) is 5. The maximum absolute atomic E-state index is 12.7. The van der Waals surface area contributed by atoms with Crippen LogP contribution in [0.5, 0.6) is 17.2 Å². The zero-order valence-corrected chi connectivity index (χ0v) is 16.0. The average molecular weight is 380 g/mol. The van der Waals surface area contributed by atoms with Gasteiger partial charge >= 0.3 is 0 Å². The Hall–Kier alpha value is -2.44. The molecule has 2 aromatic rings. The number of hydrogen-bond donors (Lipinski definition) is 1. The van der Waals surface area contributed by atoms with Crippen LogP contribution in [-0.2, 0) is 11.3 Å². The molecule has 6 nitrogen and oxygen atoms in total. The second-order valence-electron chi connectivity index (χ2n) is 5.30. The van der Waals surface area contributed by atoms with Crippen molar-refractivity contribution in [1.82, 2.24) is 0 Å². The van der Waals surface area contributed by atoms with Crippen LogP contribution in [0.3, 0.4) is 0 Å². The first-order valence-electron chi connectivity index (χ1n) is 8.01. The molecule has 140 valence electrons. The molecule has 0 radical (unpaired) electrons. The van der Waals surface area contributed by atoms with Gasteiger partial charge in [0.2, 0.25) is 0 Å². The highest BCUT2D eigenvalue weighted by molar-refractivity contribution is 6.32. The predicted octanol–water partition coefficient (Wildman–Crippen LogP) is 4.15. The van der Waals surface area contributed by atoms with Crippen LogP contribution >= 0.6 is 11.6 Å². The zero-order chi connectivity index (χ0) is 19.1. The van der Waals surface area contributed by atoms with Gasteiger partial charge in [0.25, 0.3) is 5.91 Å². The molecule has 26 heavy (non-hydrogen) atoms. The van der Waals surface area contributed by atoms with E-state index >= 15 is 0 Å².